The van der Waals surface area contributed by atoms with Gasteiger partial charge in [-0.3, -0.25) is 9.10 Å². The van der Waals surface area contributed by atoms with Crippen molar-refractivity contribution in [2.24, 2.45) is 0 Å². The molecular formula is C25H27FN2O6S. The summed E-state index contributed by atoms with van der Waals surface area (Å²) in [5.74, 6) is 0.0573. The summed E-state index contributed by atoms with van der Waals surface area (Å²) in [4.78, 5) is 12.9. The molecule has 186 valence electrons. The van der Waals surface area contributed by atoms with Gasteiger partial charge < -0.3 is 19.5 Å². The second-order valence-electron chi connectivity index (χ2n) is 7.54. The van der Waals surface area contributed by atoms with E-state index in [-0.39, 0.29) is 16.3 Å². The molecule has 1 atom stereocenters. The molecule has 0 radical (unpaired) electrons. The van der Waals surface area contributed by atoms with Crippen LogP contribution in [0.1, 0.15) is 18.5 Å². The maximum atomic E-state index is 13.6. The van der Waals surface area contributed by atoms with Crippen molar-refractivity contribution in [3.05, 3.63) is 78.1 Å². The Labute approximate surface area is 204 Å². The monoisotopic (exact) mass is 502 g/mol. The van der Waals surface area contributed by atoms with Crippen molar-refractivity contribution in [1.29, 1.82) is 0 Å². The first kappa shape index (κ1) is 25.8. The van der Waals surface area contributed by atoms with E-state index < -0.39 is 34.3 Å². The molecule has 0 unspecified atom stereocenters. The Bertz CT molecular complexity index is 1280. The molecule has 0 fully saturated rings. The summed E-state index contributed by atoms with van der Waals surface area (Å²) in [5.41, 5.74) is 0.862. The number of halogens is 1. The van der Waals surface area contributed by atoms with Gasteiger partial charge in [0.1, 0.15) is 18.1 Å². The molecule has 0 aliphatic rings. The van der Waals surface area contributed by atoms with E-state index >= 15 is 0 Å². The predicted molar refractivity (Wildman–Crippen MR) is 130 cm³/mol. The lowest BCUT2D eigenvalue weighted by Crippen LogP contribution is -2.41. The highest BCUT2D eigenvalue weighted by Crippen LogP contribution is 2.32. The molecule has 0 aliphatic carbocycles. The maximum Gasteiger partial charge on any atom is 0.264 e. The summed E-state index contributed by atoms with van der Waals surface area (Å²) in [5, 5.41) is 2.80. The maximum absolute atomic E-state index is 13.6. The standard InChI is InChI=1S/C25H27FN2O6S/c1-17(21-7-5-6-8-22(21)32-2)27-25(29)16-28(19-11-9-18(26)10-12-19)35(30,31)20-13-14-23(33-3)24(15-20)34-4/h5-15,17H,16H2,1-4H3,(H,27,29)/t17-/m1/s1. The predicted octanol–water partition coefficient (Wildman–Crippen LogP) is 3.92. The van der Waals surface area contributed by atoms with Gasteiger partial charge in [0.05, 0.1) is 38.0 Å². The third kappa shape index (κ3) is 5.83. The summed E-state index contributed by atoms with van der Waals surface area (Å²) in [6.07, 6.45) is 0. The largest absolute Gasteiger partial charge is 0.496 e. The van der Waals surface area contributed by atoms with Gasteiger partial charge in [-0.15, -0.1) is 0 Å². The lowest BCUT2D eigenvalue weighted by atomic mass is 10.1. The van der Waals surface area contributed by atoms with Gasteiger partial charge in [0.25, 0.3) is 10.0 Å². The minimum atomic E-state index is -4.24. The van der Waals surface area contributed by atoms with Gasteiger partial charge in [-0.2, -0.15) is 0 Å². The Hall–Kier alpha value is -3.79. The number of nitrogens with zero attached hydrogens (tertiary/aromatic N) is 1. The van der Waals surface area contributed by atoms with Crippen LogP contribution in [-0.2, 0) is 14.8 Å². The molecule has 0 bridgehead atoms. The van der Waals surface area contributed by atoms with Crippen LogP contribution in [0.15, 0.2) is 71.6 Å². The number of amides is 1. The molecule has 0 saturated heterocycles. The number of rotatable bonds is 10. The van der Waals surface area contributed by atoms with E-state index in [1.54, 1.807) is 13.0 Å². The summed E-state index contributed by atoms with van der Waals surface area (Å²) in [7, 11) is 0.106. The van der Waals surface area contributed by atoms with Crippen LogP contribution in [0.2, 0.25) is 0 Å². The molecule has 8 nitrogen and oxygen atoms in total. The molecule has 3 aromatic rings. The van der Waals surface area contributed by atoms with Crippen molar-refractivity contribution in [2.75, 3.05) is 32.2 Å². The highest BCUT2D eigenvalue weighted by Gasteiger charge is 2.29. The Morgan fingerprint density at radius 1 is 0.914 bits per heavy atom. The number of hydrogen-bond donors (Lipinski definition) is 1. The Balaban J connectivity index is 1.94. The third-order valence-electron chi connectivity index (χ3n) is 5.33. The summed E-state index contributed by atoms with van der Waals surface area (Å²) in [6, 6.07) is 15.7. The average molecular weight is 503 g/mol. The first-order valence-corrected chi connectivity index (χ1v) is 12.1. The fourth-order valence-electron chi connectivity index (χ4n) is 3.55. The first-order valence-electron chi connectivity index (χ1n) is 10.6. The van der Waals surface area contributed by atoms with E-state index in [9.17, 15) is 17.6 Å². The van der Waals surface area contributed by atoms with E-state index in [2.05, 4.69) is 5.32 Å². The van der Waals surface area contributed by atoms with Crippen LogP contribution < -0.4 is 23.8 Å². The number of carbonyl (C=O) groups excluding carboxylic acids is 1. The Kier molecular flexibility index (Phi) is 8.18. The molecule has 0 spiro atoms. The van der Waals surface area contributed by atoms with Crippen molar-refractivity contribution in [3.8, 4) is 17.2 Å². The highest BCUT2D eigenvalue weighted by atomic mass is 32.2. The van der Waals surface area contributed by atoms with Crippen LogP contribution >= 0.6 is 0 Å². The molecular weight excluding hydrogens is 475 g/mol. The number of ether oxygens (including phenoxy) is 3. The second-order valence-corrected chi connectivity index (χ2v) is 9.40. The zero-order valence-electron chi connectivity index (χ0n) is 19.8. The molecule has 35 heavy (non-hydrogen) atoms. The molecule has 10 heteroatoms. The van der Waals surface area contributed by atoms with E-state index in [1.807, 2.05) is 18.2 Å². The number of methoxy groups -OCH3 is 3. The van der Waals surface area contributed by atoms with E-state index in [4.69, 9.17) is 14.2 Å². The lowest BCUT2D eigenvalue weighted by Gasteiger charge is -2.25. The van der Waals surface area contributed by atoms with E-state index in [0.717, 1.165) is 22.0 Å². The number of sulfonamides is 1. The van der Waals surface area contributed by atoms with Crippen molar-refractivity contribution in [1.82, 2.24) is 5.32 Å². The topological polar surface area (TPSA) is 94.2 Å². The summed E-state index contributed by atoms with van der Waals surface area (Å²) >= 11 is 0. The Morgan fingerprint density at radius 2 is 1.54 bits per heavy atom. The van der Waals surface area contributed by atoms with E-state index in [1.165, 1.54) is 51.7 Å². The van der Waals surface area contributed by atoms with Gasteiger partial charge in [0.15, 0.2) is 11.5 Å². The molecule has 3 rings (SSSR count). The normalized spacial score (nSPS) is 11.9. The number of anilines is 1. The minimum Gasteiger partial charge on any atom is -0.496 e. The van der Waals surface area contributed by atoms with Crippen LogP contribution in [-0.4, -0.2) is 42.2 Å². The SMILES string of the molecule is COc1ccc(S(=O)(=O)N(CC(=O)N[C@H](C)c2ccccc2OC)c2ccc(F)cc2)cc1OC. The van der Waals surface area contributed by atoms with Crippen LogP contribution in [0.4, 0.5) is 10.1 Å². The van der Waals surface area contributed by atoms with E-state index in [0.29, 0.717) is 11.5 Å². The van der Waals surface area contributed by atoms with Gasteiger partial charge >= 0.3 is 0 Å². The number of para-hydroxylation sites is 1. The molecule has 0 saturated carbocycles. The van der Waals surface area contributed by atoms with Crippen molar-refractivity contribution in [3.63, 3.8) is 0 Å². The second kappa shape index (κ2) is 11.1. The average Bonchev–Trinajstić information content (AvgIpc) is 2.87. The fourth-order valence-corrected chi connectivity index (χ4v) is 4.98. The molecule has 0 heterocycles. The van der Waals surface area contributed by atoms with Gasteiger partial charge in [-0.1, -0.05) is 18.2 Å². The summed E-state index contributed by atoms with van der Waals surface area (Å²) in [6.45, 7) is 1.22. The summed E-state index contributed by atoms with van der Waals surface area (Å²) < 4.78 is 57.5. The van der Waals surface area contributed by atoms with Gasteiger partial charge in [0.2, 0.25) is 5.91 Å². The zero-order valence-corrected chi connectivity index (χ0v) is 20.6. The number of carbonyl (C=O) groups is 1. The molecule has 0 aromatic heterocycles. The van der Waals surface area contributed by atoms with Crippen molar-refractivity contribution < 1.29 is 31.8 Å². The third-order valence-corrected chi connectivity index (χ3v) is 7.10. The molecule has 1 N–H and O–H groups in total. The fraction of sp³-hybridized carbons (Fsp3) is 0.240. The van der Waals surface area contributed by atoms with Crippen LogP contribution in [0, 0.1) is 5.82 Å². The minimum absolute atomic E-state index is 0.120. The van der Waals surface area contributed by atoms with Crippen molar-refractivity contribution >= 4 is 21.6 Å². The van der Waals surface area contributed by atoms with Crippen molar-refractivity contribution in [2.45, 2.75) is 17.9 Å². The first-order chi connectivity index (χ1) is 16.7. The van der Waals surface area contributed by atoms with Crippen LogP contribution in [0.25, 0.3) is 0 Å². The smallest absolute Gasteiger partial charge is 0.264 e. The number of hydrogen-bond acceptors (Lipinski definition) is 6. The molecule has 0 aliphatic heterocycles. The zero-order chi connectivity index (χ0) is 25.6. The quantitative estimate of drug-likeness (QED) is 0.452. The highest BCUT2D eigenvalue weighted by molar-refractivity contribution is 7.92. The van der Waals surface area contributed by atoms with Crippen LogP contribution in [0.3, 0.4) is 0 Å². The number of benzene rings is 3. The lowest BCUT2D eigenvalue weighted by molar-refractivity contribution is -0.120. The molecule has 3 aromatic carbocycles. The van der Waals surface area contributed by atoms with Crippen LogP contribution in [0.5, 0.6) is 17.2 Å². The van der Waals surface area contributed by atoms with Gasteiger partial charge in [-0.25, -0.2) is 12.8 Å². The number of nitrogens with one attached hydrogen (secondary N) is 1. The van der Waals surface area contributed by atoms with Gasteiger partial charge in [0, 0.05) is 11.6 Å². The molecule has 1 amide bonds. The van der Waals surface area contributed by atoms with Gasteiger partial charge in [-0.05, 0) is 49.4 Å². The Morgan fingerprint density at radius 3 is 2.17 bits per heavy atom.